The molecule has 2 aromatic rings. The van der Waals surface area contributed by atoms with Gasteiger partial charge in [0.2, 0.25) is 17.6 Å². The van der Waals surface area contributed by atoms with Crippen LogP contribution in [0.4, 0.5) is 5.13 Å². The number of thiazole rings is 1. The summed E-state index contributed by atoms with van der Waals surface area (Å²) in [6.45, 7) is 0. The highest BCUT2D eigenvalue weighted by molar-refractivity contribution is 8.03. The Labute approximate surface area is 187 Å². The van der Waals surface area contributed by atoms with Crippen molar-refractivity contribution in [2.24, 2.45) is 0 Å². The number of hydrogen-bond acceptors (Lipinski definition) is 9. The van der Waals surface area contributed by atoms with E-state index in [0.29, 0.717) is 38.5 Å². The quantitative estimate of drug-likeness (QED) is 0.617. The minimum absolute atomic E-state index is 0.0162. The van der Waals surface area contributed by atoms with Crippen LogP contribution in [0.15, 0.2) is 34.3 Å². The van der Waals surface area contributed by atoms with Crippen molar-refractivity contribution in [2.45, 2.75) is 12.3 Å². The second kappa shape index (κ2) is 10.2. The maximum Gasteiger partial charge on any atom is 0.236 e. The van der Waals surface area contributed by atoms with Gasteiger partial charge in [0.15, 0.2) is 16.6 Å². The molecular weight excluding hydrogens is 440 g/mol. The maximum atomic E-state index is 12.4. The van der Waals surface area contributed by atoms with Gasteiger partial charge in [0.05, 0.1) is 43.8 Å². The molecule has 0 saturated heterocycles. The maximum absolute atomic E-state index is 12.4. The fourth-order valence-corrected chi connectivity index (χ4v) is 4.52. The summed E-state index contributed by atoms with van der Waals surface area (Å²) in [5.41, 5.74) is 1.03. The molecule has 0 fully saturated rings. The van der Waals surface area contributed by atoms with Crippen LogP contribution >= 0.6 is 23.1 Å². The number of carbonyl (C=O) groups excluding carboxylic acids is 2. The van der Waals surface area contributed by atoms with E-state index < -0.39 is 5.92 Å². The van der Waals surface area contributed by atoms with E-state index in [-0.39, 0.29) is 24.0 Å². The number of amides is 2. The van der Waals surface area contributed by atoms with Crippen molar-refractivity contribution < 1.29 is 23.8 Å². The Bertz CT molecular complexity index is 1020. The lowest BCUT2D eigenvalue weighted by Gasteiger charge is -2.26. The largest absolute Gasteiger partial charge is 0.493 e. The monoisotopic (exact) mass is 460 g/mol. The van der Waals surface area contributed by atoms with Crippen LogP contribution in [0.2, 0.25) is 0 Å². The summed E-state index contributed by atoms with van der Waals surface area (Å²) in [7, 11) is 4.50. The molecule has 0 bridgehead atoms. The number of ether oxygens (including phenoxy) is 3. The van der Waals surface area contributed by atoms with Crippen LogP contribution in [0.25, 0.3) is 0 Å². The van der Waals surface area contributed by atoms with Crippen molar-refractivity contribution >= 4 is 40.0 Å². The fourth-order valence-electron chi connectivity index (χ4n) is 3.10. The molecule has 0 saturated carbocycles. The molecule has 1 aromatic carbocycles. The molecule has 0 unspecified atom stereocenters. The summed E-state index contributed by atoms with van der Waals surface area (Å²) >= 11 is 2.40. The van der Waals surface area contributed by atoms with Crippen LogP contribution < -0.4 is 24.8 Å². The zero-order chi connectivity index (χ0) is 22.4. The number of methoxy groups -OCH3 is 3. The van der Waals surface area contributed by atoms with Gasteiger partial charge >= 0.3 is 0 Å². The van der Waals surface area contributed by atoms with E-state index >= 15 is 0 Å². The molecule has 1 aliphatic rings. The summed E-state index contributed by atoms with van der Waals surface area (Å²) in [6, 6.07) is 5.63. The van der Waals surface area contributed by atoms with Gasteiger partial charge in [0.1, 0.15) is 0 Å². The Kier molecular flexibility index (Phi) is 7.38. The molecule has 0 spiro atoms. The van der Waals surface area contributed by atoms with Gasteiger partial charge in [-0.3, -0.25) is 9.59 Å². The Morgan fingerprint density at radius 1 is 1.32 bits per heavy atom. The number of nitrogens with zero attached hydrogens (tertiary/aromatic N) is 2. The van der Waals surface area contributed by atoms with Gasteiger partial charge in [-0.2, -0.15) is 5.26 Å². The number of anilines is 1. The van der Waals surface area contributed by atoms with Gasteiger partial charge < -0.3 is 24.8 Å². The molecule has 9 nitrogen and oxygen atoms in total. The van der Waals surface area contributed by atoms with Crippen LogP contribution in [0, 0.1) is 11.3 Å². The van der Waals surface area contributed by atoms with E-state index in [0.717, 1.165) is 11.8 Å². The minimum atomic E-state index is -0.517. The SMILES string of the molecule is COc1cc([C@H]2CC(=O)NC(SCC(=O)Nc3nccs3)=C2C#N)cc(OC)c1OC. The summed E-state index contributed by atoms with van der Waals surface area (Å²) in [5.74, 6) is 0.244. The van der Waals surface area contributed by atoms with E-state index in [2.05, 4.69) is 21.7 Å². The van der Waals surface area contributed by atoms with Crippen LogP contribution in [0.5, 0.6) is 17.2 Å². The second-order valence-corrected chi connectivity index (χ2v) is 8.17. The van der Waals surface area contributed by atoms with Crippen molar-refractivity contribution in [3.05, 3.63) is 39.9 Å². The van der Waals surface area contributed by atoms with E-state index in [1.807, 2.05) is 0 Å². The van der Waals surface area contributed by atoms with Crippen molar-refractivity contribution in [3.63, 3.8) is 0 Å². The second-order valence-electron chi connectivity index (χ2n) is 6.29. The predicted octanol–water partition coefficient (Wildman–Crippen LogP) is 2.88. The average Bonchev–Trinajstić information content (AvgIpc) is 3.29. The molecule has 1 aliphatic heterocycles. The Hall–Kier alpha value is -3.23. The van der Waals surface area contributed by atoms with Gasteiger partial charge in [-0.05, 0) is 17.7 Å². The van der Waals surface area contributed by atoms with Crippen molar-refractivity contribution in [1.82, 2.24) is 10.3 Å². The zero-order valence-corrected chi connectivity index (χ0v) is 18.7. The molecule has 2 amide bonds. The number of nitrogens with one attached hydrogen (secondary N) is 2. The molecular formula is C20H20N4O5S2. The number of hydrogen-bond donors (Lipinski definition) is 2. The normalized spacial score (nSPS) is 15.7. The third kappa shape index (κ3) is 5.10. The molecule has 31 heavy (non-hydrogen) atoms. The molecule has 2 heterocycles. The Balaban J connectivity index is 1.89. The first-order valence-corrected chi connectivity index (χ1v) is 10.9. The Morgan fingerprint density at radius 3 is 2.58 bits per heavy atom. The Morgan fingerprint density at radius 2 is 2.03 bits per heavy atom. The van der Waals surface area contributed by atoms with Crippen molar-refractivity contribution in [2.75, 3.05) is 32.4 Å². The highest BCUT2D eigenvalue weighted by Gasteiger charge is 2.31. The molecule has 11 heteroatoms. The third-order valence-electron chi connectivity index (χ3n) is 4.47. The molecule has 1 atom stereocenters. The molecule has 162 valence electrons. The van der Waals surface area contributed by atoms with Gasteiger partial charge in [0.25, 0.3) is 0 Å². The standard InChI is InChI=1S/C20H20N4O5S2/c1-27-14-6-11(7-15(28-2)18(14)29-3)12-8-16(25)23-19(13(12)9-21)31-10-17(26)24-20-22-4-5-30-20/h4-7,12H,8,10H2,1-3H3,(H,23,25)(H,22,24,26)/t12-/m1/s1. The molecule has 0 radical (unpaired) electrons. The highest BCUT2D eigenvalue weighted by atomic mass is 32.2. The predicted molar refractivity (Wildman–Crippen MR) is 117 cm³/mol. The zero-order valence-electron chi connectivity index (χ0n) is 17.1. The van der Waals surface area contributed by atoms with Crippen molar-refractivity contribution in [1.29, 1.82) is 5.26 Å². The molecule has 2 N–H and O–H groups in total. The molecule has 0 aliphatic carbocycles. The minimum Gasteiger partial charge on any atom is -0.493 e. The van der Waals surface area contributed by atoms with Gasteiger partial charge in [-0.1, -0.05) is 11.8 Å². The number of carbonyl (C=O) groups is 2. The first kappa shape index (κ1) is 22.5. The number of thioether (sulfide) groups is 1. The summed E-state index contributed by atoms with van der Waals surface area (Å²) in [4.78, 5) is 28.6. The van der Waals surface area contributed by atoms with E-state index in [9.17, 15) is 14.9 Å². The number of nitriles is 1. The molecule has 1 aromatic heterocycles. The lowest BCUT2D eigenvalue weighted by molar-refractivity contribution is -0.121. The van der Waals surface area contributed by atoms with Crippen molar-refractivity contribution in [3.8, 4) is 23.3 Å². The van der Waals surface area contributed by atoms with E-state index in [1.54, 1.807) is 23.7 Å². The third-order valence-corrected chi connectivity index (χ3v) is 6.18. The average molecular weight is 461 g/mol. The summed E-state index contributed by atoms with van der Waals surface area (Å²) < 4.78 is 16.1. The number of rotatable bonds is 8. The topological polar surface area (TPSA) is 123 Å². The van der Waals surface area contributed by atoms with Crippen LogP contribution in [-0.2, 0) is 9.59 Å². The first-order valence-electron chi connectivity index (χ1n) is 9.06. The van der Waals surface area contributed by atoms with Gasteiger partial charge in [-0.25, -0.2) is 4.98 Å². The van der Waals surface area contributed by atoms with Crippen LogP contribution in [-0.4, -0.2) is 43.9 Å². The van der Waals surface area contributed by atoms with E-state index in [1.165, 1.54) is 32.7 Å². The lowest BCUT2D eigenvalue weighted by Crippen LogP contribution is -2.31. The van der Waals surface area contributed by atoms with Crippen LogP contribution in [0.3, 0.4) is 0 Å². The van der Waals surface area contributed by atoms with Gasteiger partial charge in [0, 0.05) is 23.9 Å². The smallest absolute Gasteiger partial charge is 0.236 e. The number of benzene rings is 1. The summed E-state index contributed by atoms with van der Waals surface area (Å²) in [5, 5.41) is 17.8. The first-order chi connectivity index (χ1) is 15.0. The van der Waals surface area contributed by atoms with Gasteiger partial charge in [-0.15, -0.1) is 11.3 Å². The molecule has 3 rings (SSSR count). The van der Waals surface area contributed by atoms with Crippen LogP contribution in [0.1, 0.15) is 17.9 Å². The summed E-state index contributed by atoms with van der Waals surface area (Å²) in [6.07, 6.45) is 1.67. The highest BCUT2D eigenvalue weighted by Crippen LogP contribution is 2.44. The lowest BCUT2D eigenvalue weighted by atomic mass is 9.86. The fraction of sp³-hybridized carbons (Fsp3) is 0.300. The number of aromatic nitrogens is 1. The van der Waals surface area contributed by atoms with E-state index in [4.69, 9.17) is 14.2 Å². The number of allylic oxidation sites excluding steroid dienone is 1.